The molecule has 1 unspecified atom stereocenters. The Morgan fingerprint density at radius 1 is 1.21 bits per heavy atom. The Labute approximate surface area is 159 Å². The minimum atomic E-state index is -0.850. The van der Waals surface area contributed by atoms with Gasteiger partial charge in [-0.1, -0.05) is 0 Å². The van der Waals surface area contributed by atoms with Crippen LogP contribution in [0, 0.1) is 5.82 Å². The highest BCUT2D eigenvalue weighted by molar-refractivity contribution is 5.75. The van der Waals surface area contributed by atoms with Gasteiger partial charge in [-0.25, -0.2) is 9.07 Å². The van der Waals surface area contributed by atoms with E-state index in [1.807, 2.05) is 0 Å². The molecule has 1 saturated heterocycles. The molecule has 28 heavy (non-hydrogen) atoms. The lowest BCUT2D eigenvalue weighted by molar-refractivity contribution is -0.122. The predicted molar refractivity (Wildman–Crippen MR) is 98.1 cm³/mol. The molecule has 10 heteroatoms. The van der Waals surface area contributed by atoms with Gasteiger partial charge in [-0.2, -0.15) is 0 Å². The number of fused-ring (bicyclic) bond motifs is 1. The maximum atomic E-state index is 13.2. The second-order valence-corrected chi connectivity index (χ2v) is 6.79. The number of benzene rings is 1. The zero-order valence-corrected chi connectivity index (χ0v) is 15.1. The Balaban J connectivity index is 1.56. The molecule has 148 valence electrons. The van der Waals surface area contributed by atoms with Crippen molar-refractivity contribution in [2.24, 2.45) is 0 Å². The van der Waals surface area contributed by atoms with E-state index in [1.165, 1.54) is 16.7 Å². The predicted octanol–water partition coefficient (Wildman–Crippen LogP) is -0.00900. The summed E-state index contributed by atoms with van der Waals surface area (Å²) < 4.78 is 20.8. The average Bonchev–Trinajstić information content (AvgIpc) is 3.35. The van der Waals surface area contributed by atoms with Crippen LogP contribution in [0.4, 0.5) is 16.0 Å². The summed E-state index contributed by atoms with van der Waals surface area (Å²) in [5.41, 5.74) is -0.939. The van der Waals surface area contributed by atoms with Crippen LogP contribution in [0.1, 0.15) is 12.8 Å². The SMILES string of the molecule is O=C(Cn1nc2n(c(=O)c1=O)CCN2c1ccc(F)cc1)NCC1CCCO1. The van der Waals surface area contributed by atoms with Crippen LogP contribution in [-0.2, 0) is 22.6 Å². The van der Waals surface area contributed by atoms with Crippen molar-refractivity contribution in [2.75, 3.05) is 24.6 Å². The smallest absolute Gasteiger partial charge is 0.333 e. The summed E-state index contributed by atoms with van der Waals surface area (Å²) in [6, 6.07) is 5.76. The fourth-order valence-corrected chi connectivity index (χ4v) is 3.42. The number of amides is 1. The van der Waals surface area contributed by atoms with Crippen LogP contribution in [0.5, 0.6) is 0 Å². The van der Waals surface area contributed by atoms with Gasteiger partial charge in [0.05, 0.1) is 6.10 Å². The fraction of sp³-hybridized carbons (Fsp3) is 0.444. The van der Waals surface area contributed by atoms with Gasteiger partial charge in [0, 0.05) is 31.9 Å². The molecule has 0 radical (unpaired) electrons. The maximum absolute atomic E-state index is 13.2. The average molecular weight is 389 g/mol. The number of rotatable bonds is 5. The number of hydrogen-bond acceptors (Lipinski definition) is 6. The number of nitrogens with zero attached hydrogens (tertiary/aromatic N) is 4. The van der Waals surface area contributed by atoms with Crippen LogP contribution in [0.15, 0.2) is 33.9 Å². The lowest BCUT2D eigenvalue weighted by Gasteiger charge is -2.18. The molecule has 1 N–H and O–H groups in total. The van der Waals surface area contributed by atoms with Crippen molar-refractivity contribution in [3.63, 3.8) is 0 Å². The number of halogens is 1. The second kappa shape index (κ2) is 7.55. The molecule has 2 aromatic rings. The first kappa shape index (κ1) is 18.4. The summed E-state index contributed by atoms with van der Waals surface area (Å²) in [6.07, 6.45) is 1.82. The molecule has 2 aliphatic heterocycles. The van der Waals surface area contributed by atoms with Gasteiger partial charge in [-0.15, -0.1) is 5.10 Å². The van der Waals surface area contributed by atoms with Gasteiger partial charge in [0.1, 0.15) is 12.4 Å². The van der Waals surface area contributed by atoms with Crippen LogP contribution in [-0.4, -0.2) is 46.1 Å². The highest BCUT2D eigenvalue weighted by Crippen LogP contribution is 2.26. The molecule has 4 rings (SSSR count). The number of carbonyl (C=O) groups is 1. The van der Waals surface area contributed by atoms with E-state index in [1.54, 1.807) is 17.0 Å². The summed E-state index contributed by atoms with van der Waals surface area (Å²) in [5.74, 6) is -0.537. The van der Waals surface area contributed by atoms with Crippen molar-refractivity contribution in [1.82, 2.24) is 19.7 Å². The molecule has 1 aromatic heterocycles. The Morgan fingerprint density at radius 3 is 2.71 bits per heavy atom. The van der Waals surface area contributed by atoms with Crippen molar-refractivity contribution >= 4 is 17.5 Å². The summed E-state index contributed by atoms with van der Waals surface area (Å²) in [6.45, 7) is 1.40. The number of ether oxygens (including phenoxy) is 1. The highest BCUT2D eigenvalue weighted by Gasteiger charge is 2.26. The largest absolute Gasteiger partial charge is 0.376 e. The standard InChI is InChI=1S/C18H20FN5O4/c19-12-3-5-13(6-4-12)22-7-8-23-16(26)17(27)24(21-18(22)23)11-15(25)20-10-14-2-1-9-28-14/h3-6,14H,1-2,7-11H2,(H,20,25). The van der Waals surface area contributed by atoms with Gasteiger partial charge in [0.25, 0.3) is 0 Å². The molecule has 0 spiro atoms. The van der Waals surface area contributed by atoms with Gasteiger partial charge in [0.2, 0.25) is 11.9 Å². The summed E-state index contributed by atoms with van der Waals surface area (Å²) in [5, 5.41) is 6.93. The molecule has 2 aliphatic rings. The Kier molecular flexibility index (Phi) is 4.95. The molecular weight excluding hydrogens is 369 g/mol. The van der Waals surface area contributed by atoms with E-state index in [4.69, 9.17) is 4.74 Å². The Bertz CT molecular complexity index is 995. The molecule has 0 bridgehead atoms. The third-order valence-corrected chi connectivity index (χ3v) is 4.89. The lowest BCUT2D eigenvalue weighted by Crippen LogP contribution is -2.45. The van der Waals surface area contributed by atoms with Crippen LogP contribution in [0.3, 0.4) is 0 Å². The maximum Gasteiger partial charge on any atom is 0.333 e. The molecular formula is C18H20FN5O4. The van der Waals surface area contributed by atoms with E-state index < -0.39 is 17.0 Å². The van der Waals surface area contributed by atoms with Crippen LogP contribution in [0.2, 0.25) is 0 Å². The zero-order chi connectivity index (χ0) is 19.7. The van der Waals surface area contributed by atoms with E-state index >= 15 is 0 Å². The van der Waals surface area contributed by atoms with Gasteiger partial charge in [-0.05, 0) is 37.1 Å². The second-order valence-electron chi connectivity index (χ2n) is 6.79. The minimum Gasteiger partial charge on any atom is -0.376 e. The number of hydrogen-bond donors (Lipinski definition) is 1. The van der Waals surface area contributed by atoms with Gasteiger partial charge >= 0.3 is 11.1 Å². The van der Waals surface area contributed by atoms with E-state index in [0.29, 0.717) is 31.9 Å². The molecule has 1 atom stereocenters. The monoisotopic (exact) mass is 389 g/mol. The summed E-state index contributed by atoms with van der Waals surface area (Å²) in [4.78, 5) is 38.6. The van der Waals surface area contributed by atoms with Crippen molar-refractivity contribution in [1.29, 1.82) is 0 Å². The third kappa shape index (κ3) is 3.55. The van der Waals surface area contributed by atoms with Crippen molar-refractivity contribution in [3.05, 3.63) is 50.8 Å². The van der Waals surface area contributed by atoms with Crippen molar-refractivity contribution < 1.29 is 13.9 Å². The van der Waals surface area contributed by atoms with E-state index in [9.17, 15) is 18.8 Å². The van der Waals surface area contributed by atoms with E-state index in [0.717, 1.165) is 17.5 Å². The lowest BCUT2D eigenvalue weighted by atomic mass is 10.2. The first-order valence-electron chi connectivity index (χ1n) is 9.16. The quantitative estimate of drug-likeness (QED) is 0.723. The topological polar surface area (TPSA) is 98.5 Å². The number of carbonyl (C=O) groups excluding carboxylic acids is 1. The molecule has 0 saturated carbocycles. The first-order valence-corrected chi connectivity index (χ1v) is 9.16. The molecule has 1 aromatic carbocycles. The van der Waals surface area contributed by atoms with Gasteiger partial charge in [0.15, 0.2) is 0 Å². The van der Waals surface area contributed by atoms with E-state index in [-0.39, 0.29) is 24.4 Å². The Hall–Kier alpha value is -3.01. The van der Waals surface area contributed by atoms with Crippen LogP contribution in [0.25, 0.3) is 0 Å². The Morgan fingerprint density at radius 2 is 2.00 bits per heavy atom. The van der Waals surface area contributed by atoms with E-state index in [2.05, 4.69) is 10.4 Å². The van der Waals surface area contributed by atoms with Crippen LogP contribution < -0.4 is 21.3 Å². The number of nitrogens with one attached hydrogen (secondary N) is 1. The number of aromatic nitrogens is 3. The van der Waals surface area contributed by atoms with Crippen LogP contribution >= 0.6 is 0 Å². The molecule has 9 nitrogen and oxygen atoms in total. The normalized spacial score (nSPS) is 18.3. The highest BCUT2D eigenvalue weighted by atomic mass is 19.1. The number of anilines is 2. The summed E-state index contributed by atoms with van der Waals surface area (Å²) in [7, 11) is 0. The summed E-state index contributed by atoms with van der Waals surface area (Å²) >= 11 is 0. The first-order chi connectivity index (χ1) is 13.5. The third-order valence-electron chi connectivity index (χ3n) is 4.89. The molecule has 0 aliphatic carbocycles. The zero-order valence-electron chi connectivity index (χ0n) is 15.1. The van der Waals surface area contributed by atoms with Gasteiger partial charge in [-0.3, -0.25) is 19.0 Å². The molecule has 1 amide bonds. The molecule has 3 heterocycles. The van der Waals surface area contributed by atoms with Crippen molar-refractivity contribution in [3.8, 4) is 0 Å². The molecule has 1 fully saturated rings. The minimum absolute atomic E-state index is 0.0201. The fourth-order valence-electron chi connectivity index (χ4n) is 3.42. The van der Waals surface area contributed by atoms with Gasteiger partial charge < -0.3 is 15.0 Å². The van der Waals surface area contributed by atoms with Crippen molar-refractivity contribution in [2.45, 2.75) is 32.0 Å².